The van der Waals surface area contributed by atoms with Gasteiger partial charge in [-0.05, 0) is 38.3 Å². The SMILES string of the molecule is Cc1ccnc(N2CCCC(C)(O)C2)c1/C(N)=N/O. The van der Waals surface area contributed by atoms with Crippen LogP contribution < -0.4 is 10.6 Å². The summed E-state index contributed by atoms with van der Waals surface area (Å²) < 4.78 is 0. The first kappa shape index (κ1) is 13.6. The number of hydrogen-bond acceptors (Lipinski definition) is 5. The first-order valence-electron chi connectivity index (χ1n) is 6.35. The highest BCUT2D eigenvalue weighted by atomic mass is 16.4. The molecule has 1 saturated heterocycles. The summed E-state index contributed by atoms with van der Waals surface area (Å²) in [6, 6.07) is 1.82. The van der Waals surface area contributed by atoms with Gasteiger partial charge in [-0.2, -0.15) is 0 Å². The molecule has 0 spiro atoms. The monoisotopic (exact) mass is 264 g/mol. The summed E-state index contributed by atoms with van der Waals surface area (Å²) in [5.74, 6) is 0.709. The van der Waals surface area contributed by atoms with E-state index in [0.717, 1.165) is 24.9 Å². The molecule has 0 saturated carbocycles. The van der Waals surface area contributed by atoms with Gasteiger partial charge >= 0.3 is 0 Å². The topological polar surface area (TPSA) is 95.0 Å². The Hall–Kier alpha value is -1.82. The fourth-order valence-electron chi connectivity index (χ4n) is 2.55. The number of pyridine rings is 1. The summed E-state index contributed by atoms with van der Waals surface area (Å²) in [6.45, 7) is 5.01. The van der Waals surface area contributed by atoms with Crippen LogP contribution in [0.4, 0.5) is 5.82 Å². The lowest BCUT2D eigenvalue weighted by atomic mass is 9.94. The summed E-state index contributed by atoms with van der Waals surface area (Å²) >= 11 is 0. The Morgan fingerprint density at radius 1 is 1.58 bits per heavy atom. The maximum Gasteiger partial charge on any atom is 0.174 e. The quantitative estimate of drug-likeness (QED) is 0.318. The van der Waals surface area contributed by atoms with Crippen molar-refractivity contribution >= 4 is 11.7 Å². The van der Waals surface area contributed by atoms with Gasteiger partial charge in [-0.25, -0.2) is 4.98 Å². The van der Waals surface area contributed by atoms with E-state index in [1.54, 1.807) is 6.20 Å². The molecule has 0 aromatic carbocycles. The molecular formula is C13H20N4O2. The Kier molecular flexibility index (Phi) is 3.61. The van der Waals surface area contributed by atoms with E-state index in [-0.39, 0.29) is 5.84 Å². The van der Waals surface area contributed by atoms with Gasteiger partial charge in [0.2, 0.25) is 0 Å². The lowest BCUT2D eigenvalue weighted by Gasteiger charge is -2.38. The first-order valence-corrected chi connectivity index (χ1v) is 6.35. The standard InChI is InChI=1S/C13H20N4O2/c1-9-4-6-15-12(10(9)11(14)16-19)17-7-3-5-13(2,18)8-17/h4,6,18-19H,3,5,7-8H2,1-2H3,(H2,14,16). The maximum absolute atomic E-state index is 10.2. The number of β-amino-alcohol motifs (C(OH)–C–C–N with tert-alkyl or cyclic N) is 1. The molecule has 0 radical (unpaired) electrons. The van der Waals surface area contributed by atoms with Gasteiger partial charge < -0.3 is 20.9 Å². The normalized spacial score (nSPS) is 24.6. The van der Waals surface area contributed by atoms with Crippen molar-refractivity contribution in [1.82, 2.24) is 4.98 Å². The van der Waals surface area contributed by atoms with Crippen molar-refractivity contribution in [3.05, 3.63) is 23.4 Å². The molecular weight excluding hydrogens is 244 g/mol. The molecule has 6 heteroatoms. The minimum Gasteiger partial charge on any atom is -0.409 e. The number of oxime groups is 1. The number of aliphatic hydroxyl groups is 1. The lowest BCUT2D eigenvalue weighted by molar-refractivity contribution is 0.0447. The van der Waals surface area contributed by atoms with Crippen molar-refractivity contribution in [3.63, 3.8) is 0 Å². The number of rotatable bonds is 2. The first-order chi connectivity index (χ1) is 8.94. The van der Waals surface area contributed by atoms with E-state index in [0.29, 0.717) is 17.9 Å². The zero-order chi connectivity index (χ0) is 14.0. The van der Waals surface area contributed by atoms with E-state index in [4.69, 9.17) is 10.9 Å². The van der Waals surface area contributed by atoms with Crippen LogP contribution in [0.2, 0.25) is 0 Å². The third-order valence-electron chi connectivity index (χ3n) is 3.48. The average molecular weight is 264 g/mol. The second kappa shape index (κ2) is 5.05. The fraction of sp³-hybridized carbons (Fsp3) is 0.538. The van der Waals surface area contributed by atoms with Crippen LogP contribution in [-0.2, 0) is 0 Å². The largest absolute Gasteiger partial charge is 0.409 e. The molecule has 0 amide bonds. The molecule has 1 aliphatic rings. The van der Waals surface area contributed by atoms with E-state index in [9.17, 15) is 5.11 Å². The van der Waals surface area contributed by atoms with Gasteiger partial charge in [-0.3, -0.25) is 0 Å². The smallest absolute Gasteiger partial charge is 0.174 e. The molecule has 6 nitrogen and oxygen atoms in total. The summed E-state index contributed by atoms with van der Waals surface area (Å²) in [7, 11) is 0. The van der Waals surface area contributed by atoms with Crippen LogP contribution in [0.15, 0.2) is 17.4 Å². The second-order valence-corrected chi connectivity index (χ2v) is 5.33. The van der Waals surface area contributed by atoms with Gasteiger partial charge in [-0.1, -0.05) is 5.16 Å². The molecule has 2 rings (SSSR count). The zero-order valence-electron chi connectivity index (χ0n) is 11.3. The van der Waals surface area contributed by atoms with Crippen LogP contribution in [0.5, 0.6) is 0 Å². The van der Waals surface area contributed by atoms with Gasteiger partial charge in [0.25, 0.3) is 0 Å². The highest BCUT2D eigenvalue weighted by Crippen LogP contribution is 2.27. The maximum atomic E-state index is 10.2. The molecule has 104 valence electrons. The number of aromatic nitrogens is 1. The minimum absolute atomic E-state index is 0.0471. The zero-order valence-corrected chi connectivity index (χ0v) is 11.3. The molecule has 4 N–H and O–H groups in total. The van der Waals surface area contributed by atoms with Crippen LogP contribution in [0, 0.1) is 6.92 Å². The fourth-order valence-corrected chi connectivity index (χ4v) is 2.55. The van der Waals surface area contributed by atoms with Gasteiger partial charge in [-0.15, -0.1) is 0 Å². The number of nitrogens with two attached hydrogens (primary N) is 1. The van der Waals surface area contributed by atoms with Crippen molar-refractivity contribution in [3.8, 4) is 0 Å². The second-order valence-electron chi connectivity index (χ2n) is 5.33. The Balaban J connectivity index is 2.42. The van der Waals surface area contributed by atoms with E-state index >= 15 is 0 Å². The predicted molar refractivity (Wildman–Crippen MR) is 73.6 cm³/mol. The molecule has 2 heterocycles. The highest BCUT2D eigenvalue weighted by Gasteiger charge is 2.30. The number of piperidine rings is 1. The van der Waals surface area contributed by atoms with E-state index in [1.807, 2.05) is 24.8 Å². The Morgan fingerprint density at radius 3 is 2.95 bits per heavy atom. The number of amidine groups is 1. The van der Waals surface area contributed by atoms with Gasteiger partial charge in [0.1, 0.15) is 5.82 Å². The summed E-state index contributed by atoms with van der Waals surface area (Å²) in [5.41, 5.74) is 6.53. The molecule has 19 heavy (non-hydrogen) atoms. The van der Waals surface area contributed by atoms with Gasteiger partial charge in [0.05, 0.1) is 11.2 Å². The van der Waals surface area contributed by atoms with Gasteiger partial charge in [0, 0.05) is 19.3 Å². The Labute approximate surface area is 112 Å². The van der Waals surface area contributed by atoms with Crippen molar-refractivity contribution < 1.29 is 10.3 Å². The minimum atomic E-state index is -0.730. The molecule has 1 unspecified atom stereocenters. The van der Waals surface area contributed by atoms with E-state index < -0.39 is 5.60 Å². The number of aryl methyl sites for hydroxylation is 1. The van der Waals surface area contributed by atoms with Crippen LogP contribution in [-0.4, -0.2) is 39.8 Å². The van der Waals surface area contributed by atoms with Gasteiger partial charge in [0.15, 0.2) is 5.84 Å². The molecule has 1 aromatic rings. The number of nitrogens with zero attached hydrogens (tertiary/aromatic N) is 3. The van der Waals surface area contributed by atoms with Crippen LogP contribution >= 0.6 is 0 Å². The highest BCUT2D eigenvalue weighted by molar-refractivity contribution is 6.02. The third kappa shape index (κ3) is 2.78. The molecule has 1 atom stereocenters. The molecule has 0 aliphatic carbocycles. The van der Waals surface area contributed by atoms with Crippen molar-refractivity contribution in [2.45, 2.75) is 32.3 Å². The van der Waals surface area contributed by atoms with Crippen LogP contribution in [0.3, 0.4) is 0 Å². The van der Waals surface area contributed by atoms with Crippen LogP contribution in [0.25, 0.3) is 0 Å². The van der Waals surface area contributed by atoms with Crippen molar-refractivity contribution in [2.75, 3.05) is 18.0 Å². The summed E-state index contributed by atoms with van der Waals surface area (Å²) in [5, 5.41) is 22.2. The van der Waals surface area contributed by atoms with Crippen molar-refractivity contribution in [1.29, 1.82) is 0 Å². The molecule has 1 aromatic heterocycles. The molecule has 1 fully saturated rings. The Bertz CT molecular complexity index is 499. The predicted octanol–water partition coefficient (Wildman–Crippen LogP) is 0.836. The summed E-state index contributed by atoms with van der Waals surface area (Å²) in [6.07, 6.45) is 3.36. The third-order valence-corrected chi connectivity index (χ3v) is 3.48. The summed E-state index contributed by atoms with van der Waals surface area (Å²) in [4.78, 5) is 6.33. The number of hydrogen-bond donors (Lipinski definition) is 3. The van der Waals surface area contributed by atoms with E-state index in [2.05, 4.69) is 10.1 Å². The molecule has 0 bridgehead atoms. The van der Waals surface area contributed by atoms with E-state index in [1.165, 1.54) is 0 Å². The lowest BCUT2D eigenvalue weighted by Crippen LogP contribution is -2.47. The Morgan fingerprint density at radius 2 is 2.32 bits per heavy atom. The molecule has 1 aliphatic heterocycles. The van der Waals surface area contributed by atoms with Crippen LogP contribution in [0.1, 0.15) is 30.9 Å². The number of anilines is 1. The van der Waals surface area contributed by atoms with Crippen molar-refractivity contribution in [2.24, 2.45) is 10.9 Å². The average Bonchev–Trinajstić information content (AvgIpc) is 2.36.